The van der Waals surface area contributed by atoms with E-state index in [0.29, 0.717) is 5.92 Å². The molecule has 2 nitrogen and oxygen atoms in total. The quantitative estimate of drug-likeness (QED) is 0.847. The molecule has 2 heterocycles. The van der Waals surface area contributed by atoms with E-state index in [2.05, 4.69) is 16.1 Å². The molecule has 1 saturated carbocycles. The van der Waals surface area contributed by atoms with Crippen LogP contribution in [0.4, 0.5) is 0 Å². The molecule has 3 rings (SSSR count). The molecule has 1 saturated heterocycles. The third-order valence-corrected chi connectivity index (χ3v) is 4.11. The fourth-order valence-electron chi connectivity index (χ4n) is 2.16. The highest BCUT2D eigenvalue weighted by molar-refractivity contribution is 7.08. The van der Waals surface area contributed by atoms with Gasteiger partial charge < -0.3 is 10.1 Å². The third kappa shape index (κ3) is 2.25. The van der Waals surface area contributed by atoms with Crippen LogP contribution in [0.15, 0.2) is 10.8 Å². The van der Waals surface area contributed by atoms with E-state index in [1.807, 2.05) is 11.3 Å². The van der Waals surface area contributed by atoms with E-state index >= 15 is 0 Å². The maximum Gasteiger partial charge on any atom is 0.0535 e. The zero-order chi connectivity index (χ0) is 10.1. The minimum absolute atomic E-state index is 0.659. The van der Waals surface area contributed by atoms with Crippen LogP contribution >= 0.6 is 11.3 Å². The van der Waals surface area contributed by atoms with Gasteiger partial charge in [-0.15, -0.1) is 0 Å². The molecule has 3 heteroatoms. The van der Waals surface area contributed by atoms with Gasteiger partial charge in [-0.3, -0.25) is 0 Å². The van der Waals surface area contributed by atoms with E-state index in [-0.39, 0.29) is 0 Å². The van der Waals surface area contributed by atoms with Gasteiger partial charge in [-0.1, -0.05) is 0 Å². The van der Waals surface area contributed by atoms with Crippen molar-refractivity contribution in [2.75, 3.05) is 13.2 Å². The fraction of sp³-hybridized carbons (Fsp3) is 0.667. The summed E-state index contributed by atoms with van der Waals surface area (Å²) in [5.41, 5.74) is 3.04. The average molecular weight is 223 g/mol. The summed E-state index contributed by atoms with van der Waals surface area (Å²) >= 11 is 1.83. The first-order valence-electron chi connectivity index (χ1n) is 5.79. The summed E-state index contributed by atoms with van der Waals surface area (Å²) < 4.78 is 5.46. The summed E-state index contributed by atoms with van der Waals surface area (Å²) in [5, 5.41) is 8.19. The molecule has 1 aromatic rings. The van der Waals surface area contributed by atoms with Crippen LogP contribution in [0.25, 0.3) is 0 Å². The fourth-order valence-corrected chi connectivity index (χ4v) is 3.10. The normalized spacial score (nSPS) is 26.0. The highest BCUT2D eigenvalue weighted by Gasteiger charge is 2.23. The maximum absolute atomic E-state index is 5.46. The van der Waals surface area contributed by atoms with Crippen molar-refractivity contribution in [2.45, 2.75) is 37.8 Å². The summed E-state index contributed by atoms with van der Waals surface area (Å²) in [6, 6.07) is 0.803. The zero-order valence-corrected chi connectivity index (χ0v) is 9.69. The second-order valence-electron chi connectivity index (χ2n) is 4.57. The summed E-state index contributed by atoms with van der Waals surface area (Å²) in [7, 11) is 0. The standard InChI is InChI=1S/C12H17NOS/c1-2-11(1)13-5-10-7-15-8-12(10)9-3-4-14-6-9/h7-9,11,13H,1-6H2. The number of hydrogen-bond donors (Lipinski definition) is 1. The Morgan fingerprint density at radius 1 is 1.33 bits per heavy atom. The molecule has 0 spiro atoms. The molecule has 1 aliphatic carbocycles. The van der Waals surface area contributed by atoms with Crippen molar-refractivity contribution in [3.63, 3.8) is 0 Å². The van der Waals surface area contributed by atoms with Gasteiger partial charge in [0.15, 0.2) is 0 Å². The maximum atomic E-state index is 5.46. The van der Waals surface area contributed by atoms with Crippen LogP contribution in [0.3, 0.4) is 0 Å². The number of thiophene rings is 1. The van der Waals surface area contributed by atoms with E-state index in [0.717, 1.165) is 25.8 Å². The van der Waals surface area contributed by atoms with Crippen molar-refractivity contribution in [1.29, 1.82) is 0 Å². The van der Waals surface area contributed by atoms with Crippen molar-refractivity contribution in [1.82, 2.24) is 5.32 Å². The van der Waals surface area contributed by atoms with Crippen LogP contribution in [0.1, 0.15) is 36.3 Å². The van der Waals surface area contributed by atoms with Gasteiger partial charge in [0.05, 0.1) is 6.61 Å². The monoisotopic (exact) mass is 223 g/mol. The van der Waals surface area contributed by atoms with Gasteiger partial charge in [0.1, 0.15) is 0 Å². The van der Waals surface area contributed by atoms with Gasteiger partial charge in [0, 0.05) is 25.1 Å². The predicted octanol–water partition coefficient (Wildman–Crippen LogP) is 2.50. The van der Waals surface area contributed by atoms with Gasteiger partial charge in [-0.25, -0.2) is 0 Å². The molecular formula is C12H17NOS. The summed E-state index contributed by atoms with van der Waals surface area (Å²) in [6.07, 6.45) is 3.94. The molecule has 15 heavy (non-hydrogen) atoms. The topological polar surface area (TPSA) is 21.3 Å². The van der Waals surface area contributed by atoms with Crippen LogP contribution in [-0.4, -0.2) is 19.3 Å². The average Bonchev–Trinajstić information content (AvgIpc) is 2.79. The Morgan fingerprint density at radius 2 is 2.27 bits per heavy atom. The summed E-state index contributed by atoms with van der Waals surface area (Å²) in [5.74, 6) is 0.659. The SMILES string of the molecule is c1scc(C2CCOC2)c1CNC1CC1. The Morgan fingerprint density at radius 3 is 3.00 bits per heavy atom. The second kappa shape index (κ2) is 4.24. The molecule has 0 radical (unpaired) electrons. The lowest BCUT2D eigenvalue weighted by molar-refractivity contribution is 0.194. The molecule has 1 aromatic heterocycles. The molecular weight excluding hydrogens is 206 g/mol. The molecule has 1 atom stereocenters. The summed E-state index contributed by atoms with van der Waals surface area (Å²) in [6.45, 7) is 2.92. The summed E-state index contributed by atoms with van der Waals surface area (Å²) in [4.78, 5) is 0. The van der Waals surface area contributed by atoms with Crippen molar-refractivity contribution in [2.24, 2.45) is 0 Å². The Hall–Kier alpha value is -0.380. The van der Waals surface area contributed by atoms with Crippen LogP contribution < -0.4 is 5.32 Å². The third-order valence-electron chi connectivity index (χ3n) is 3.30. The van der Waals surface area contributed by atoms with Crippen LogP contribution in [0, 0.1) is 0 Å². The number of rotatable bonds is 4. The van der Waals surface area contributed by atoms with Crippen molar-refractivity contribution in [3.05, 3.63) is 21.9 Å². The smallest absolute Gasteiger partial charge is 0.0535 e. The largest absolute Gasteiger partial charge is 0.381 e. The molecule has 1 unspecified atom stereocenters. The Kier molecular flexibility index (Phi) is 2.77. The number of nitrogens with one attached hydrogen (secondary N) is 1. The minimum Gasteiger partial charge on any atom is -0.381 e. The van der Waals surface area contributed by atoms with Crippen LogP contribution in [-0.2, 0) is 11.3 Å². The number of hydrogen-bond acceptors (Lipinski definition) is 3. The second-order valence-corrected chi connectivity index (χ2v) is 5.31. The molecule has 82 valence electrons. The Labute approximate surface area is 94.6 Å². The molecule has 2 fully saturated rings. The molecule has 2 aliphatic rings. The van der Waals surface area contributed by atoms with Crippen molar-refractivity contribution >= 4 is 11.3 Å². The first-order chi connectivity index (χ1) is 7.43. The molecule has 1 N–H and O–H groups in total. The van der Waals surface area contributed by atoms with Gasteiger partial charge in [0.2, 0.25) is 0 Å². The van der Waals surface area contributed by atoms with Crippen LogP contribution in [0.2, 0.25) is 0 Å². The van der Waals surface area contributed by atoms with E-state index < -0.39 is 0 Å². The van der Waals surface area contributed by atoms with Crippen LogP contribution in [0.5, 0.6) is 0 Å². The number of ether oxygens (including phenoxy) is 1. The van der Waals surface area contributed by atoms with E-state index in [9.17, 15) is 0 Å². The Bertz CT molecular complexity index is 326. The van der Waals surface area contributed by atoms with Gasteiger partial charge in [-0.05, 0) is 41.1 Å². The molecule has 1 aliphatic heterocycles. The van der Waals surface area contributed by atoms with E-state index in [1.54, 1.807) is 0 Å². The van der Waals surface area contributed by atoms with Gasteiger partial charge in [-0.2, -0.15) is 11.3 Å². The highest BCUT2D eigenvalue weighted by Crippen LogP contribution is 2.31. The van der Waals surface area contributed by atoms with E-state index in [4.69, 9.17) is 4.74 Å². The lowest BCUT2D eigenvalue weighted by Gasteiger charge is -2.09. The van der Waals surface area contributed by atoms with Crippen molar-refractivity contribution in [3.8, 4) is 0 Å². The first kappa shape index (κ1) is 9.82. The van der Waals surface area contributed by atoms with Gasteiger partial charge >= 0.3 is 0 Å². The predicted molar refractivity (Wildman–Crippen MR) is 62.4 cm³/mol. The lowest BCUT2D eigenvalue weighted by Crippen LogP contribution is -2.16. The Balaban J connectivity index is 1.67. The lowest BCUT2D eigenvalue weighted by atomic mass is 9.98. The zero-order valence-electron chi connectivity index (χ0n) is 8.87. The van der Waals surface area contributed by atoms with E-state index in [1.165, 1.54) is 30.4 Å². The van der Waals surface area contributed by atoms with Gasteiger partial charge in [0.25, 0.3) is 0 Å². The minimum atomic E-state index is 0.659. The highest BCUT2D eigenvalue weighted by atomic mass is 32.1. The molecule has 0 bridgehead atoms. The van der Waals surface area contributed by atoms with Crippen molar-refractivity contribution < 1.29 is 4.74 Å². The molecule has 0 amide bonds. The first-order valence-corrected chi connectivity index (χ1v) is 6.74. The molecule has 0 aromatic carbocycles.